The van der Waals surface area contributed by atoms with Gasteiger partial charge in [-0.2, -0.15) is 0 Å². The molecule has 0 bridgehead atoms. The fraction of sp³-hybridized carbons (Fsp3) is 0.345. The van der Waals surface area contributed by atoms with E-state index in [1.807, 2.05) is 31.2 Å². The molecule has 1 heterocycles. The molecule has 1 aliphatic heterocycles. The molecular formula is C29H34Cl2F3N3O2. The number of halogens is 5. The van der Waals surface area contributed by atoms with Crippen molar-refractivity contribution < 1.29 is 22.7 Å². The van der Waals surface area contributed by atoms with Gasteiger partial charge in [0.1, 0.15) is 5.75 Å². The van der Waals surface area contributed by atoms with Crippen LogP contribution in [0.15, 0.2) is 54.6 Å². The number of carbonyl (C=O) groups excluding carboxylic acids is 1. The van der Waals surface area contributed by atoms with Gasteiger partial charge < -0.3 is 20.7 Å². The van der Waals surface area contributed by atoms with Gasteiger partial charge in [-0.05, 0) is 94.2 Å². The van der Waals surface area contributed by atoms with Crippen LogP contribution < -0.4 is 20.7 Å². The average Bonchev–Trinajstić information content (AvgIpc) is 2.89. The molecule has 39 heavy (non-hydrogen) atoms. The summed E-state index contributed by atoms with van der Waals surface area (Å²) in [5, 5.41) is 9.41. The number of benzene rings is 3. The van der Waals surface area contributed by atoms with E-state index < -0.39 is 17.5 Å². The minimum absolute atomic E-state index is 0. The maximum Gasteiger partial charge on any atom is 0.241 e. The summed E-state index contributed by atoms with van der Waals surface area (Å²) < 4.78 is 46.2. The van der Waals surface area contributed by atoms with Gasteiger partial charge in [0.05, 0.1) is 6.04 Å². The zero-order valence-corrected chi connectivity index (χ0v) is 23.7. The average molecular weight is 585 g/mol. The third-order valence-electron chi connectivity index (χ3n) is 7.13. The largest absolute Gasteiger partial charge is 0.454 e. The van der Waals surface area contributed by atoms with E-state index in [0.717, 1.165) is 49.2 Å². The lowest BCUT2D eigenvalue weighted by Gasteiger charge is -2.40. The fourth-order valence-electron chi connectivity index (χ4n) is 4.87. The second kappa shape index (κ2) is 14.0. The van der Waals surface area contributed by atoms with Crippen molar-refractivity contribution in [1.29, 1.82) is 0 Å². The Hall–Kier alpha value is -2.78. The topological polar surface area (TPSA) is 62.4 Å². The first kappa shape index (κ1) is 32.4. The van der Waals surface area contributed by atoms with Gasteiger partial charge in [0.2, 0.25) is 5.91 Å². The van der Waals surface area contributed by atoms with E-state index in [-0.39, 0.29) is 47.9 Å². The zero-order valence-electron chi connectivity index (χ0n) is 22.1. The fourth-order valence-corrected chi connectivity index (χ4v) is 4.87. The number of piperidine rings is 1. The molecule has 1 amide bonds. The maximum atomic E-state index is 14.0. The molecule has 10 heteroatoms. The van der Waals surface area contributed by atoms with E-state index in [1.54, 1.807) is 19.2 Å². The van der Waals surface area contributed by atoms with Gasteiger partial charge in [0, 0.05) is 23.2 Å². The highest BCUT2D eigenvalue weighted by molar-refractivity contribution is 5.94. The van der Waals surface area contributed by atoms with Gasteiger partial charge in [-0.25, -0.2) is 13.2 Å². The SMILES string of the molecule is CN[C@@H](C)C(=O)Nc1ccc(C)c(C2(Cc3ccc(Oc4cc(F)c(F)cc4F)cc3)CCNCC2)c1.Cl.Cl. The Balaban J connectivity index is 0.00000267. The molecule has 4 rings (SSSR count). The normalized spacial score (nSPS) is 14.9. The van der Waals surface area contributed by atoms with Crippen molar-refractivity contribution in [2.45, 2.75) is 44.6 Å². The number of ether oxygens (including phenoxy) is 1. The molecule has 0 aliphatic carbocycles. The van der Waals surface area contributed by atoms with Crippen molar-refractivity contribution in [3.8, 4) is 11.5 Å². The summed E-state index contributed by atoms with van der Waals surface area (Å²) in [6, 6.07) is 14.2. The molecule has 1 atom stereocenters. The molecule has 5 nitrogen and oxygen atoms in total. The van der Waals surface area contributed by atoms with Crippen LogP contribution >= 0.6 is 24.8 Å². The summed E-state index contributed by atoms with van der Waals surface area (Å²) in [6.07, 6.45) is 2.62. The highest BCUT2D eigenvalue weighted by Crippen LogP contribution is 2.40. The molecule has 1 saturated heterocycles. The van der Waals surface area contributed by atoms with Crippen LogP contribution in [0.3, 0.4) is 0 Å². The minimum atomic E-state index is -1.26. The van der Waals surface area contributed by atoms with Gasteiger partial charge in [-0.15, -0.1) is 24.8 Å². The Morgan fingerprint density at radius 2 is 1.62 bits per heavy atom. The number of hydrogen-bond acceptors (Lipinski definition) is 4. The summed E-state index contributed by atoms with van der Waals surface area (Å²) in [4.78, 5) is 12.4. The molecular weight excluding hydrogens is 550 g/mol. The summed E-state index contributed by atoms with van der Waals surface area (Å²) in [5.74, 6) is -3.54. The van der Waals surface area contributed by atoms with Gasteiger partial charge in [-0.3, -0.25) is 4.79 Å². The maximum absolute atomic E-state index is 14.0. The molecule has 0 radical (unpaired) electrons. The number of anilines is 1. The lowest BCUT2D eigenvalue weighted by molar-refractivity contribution is -0.117. The van der Waals surface area contributed by atoms with E-state index >= 15 is 0 Å². The van der Waals surface area contributed by atoms with Crippen molar-refractivity contribution in [2.24, 2.45) is 0 Å². The number of amides is 1. The van der Waals surface area contributed by atoms with Crippen molar-refractivity contribution in [3.05, 3.63) is 88.7 Å². The Kier molecular flexibility index (Phi) is 11.7. The van der Waals surface area contributed by atoms with Gasteiger partial charge in [-0.1, -0.05) is 18.2 Å². The Labute approximate surface area is 239 Å². The lowest BCUT2D eigenvalue weighted by Crippen LogP contribution is -2.42. The molecule has 3 N–H and O–H groups in total. The molecule has 3 aromatic rings. The predicted octanol–water partition coefficient (Wildman–Crippen LogP) is 6.46. The van der Waals surface area contributed by atoms with Crippen LogP contribution in [-0.2, 0) is 16.6 Å². The first-order chi connectivity index (χ1) is 17.7. The molecule has 3 aromatic carbocycles. The zero-order chi connectivity index (χ0) is 26.6. The number of nitrogens with one attached hydrogen (secondary N) is 3. The Bertz CT molecular complexity index is 1270. The quantitative estimate of drug-likeness (QED) is 0.266. The van der Waals surface area contributed by atoms with Crippen LogP contribution in [0.4, 0.5) is 18.9 Å². The summed E-state index contributed by atoms with van der Waals surface area (Å²) in [5.41, 5.74) is 4.06. The Morgan fingerprint density at radius 3 is 2.26 bits per heavy atom. The first-order valence-corrected chi connectivity index (χ1v) is 12.4. The van der Waals surface area contributed by atoms with Crippen LogP contribution in [-0.4, -0.2) is 32.1 Å². The number of carbonyl (C=O) groups is 1. The molecule has 212 valence electrons. The van der Waals surface area contributed by atoms with E-state index in [1.165, 1.54) is 5.56 Å². The predicted molar refractivity (Wildman–Crippen MR) is 153 cm³/mol. The standard InChI is InChI=1S/C29H32F3N3O2.2ClH/c1-18-4-7-21(35-28(36)19(2)33-3)14-23(18)29(10-12-34-13-11-29)17-20-5-8-22(9-6-20)37-27-16-25(31)24(30)15-26(27)32;;/h4-9,14-16,19,33-34H,10-13,17H2,1-3H3,(H,35,36);2*1H/t19-;;/m0../s1. The van der Waals surface area contributed by atoms with Crippen LogP contribution in [0.5, 0.6) is 11.5 Å². The molecule has 1 fully saturated rings. The van der Waals surface area contributed by atoms with E-state index in [0.29, 0.717) is 17.9 Å². The Morgan fingerprint density at radius 1 is 0.974 bits per heavy atom. The lowest BCUT2D eigenvalue weighted by atomic mass is 9.68. The number of rotatable bonds is 8. The smallest absolute Gasteiger partial charge is 0.241 e. The third kappa shape index (κ3) is 7.66. The van der Waals surface area contributed by atoms with Crippen LogP contribution in [0.2, 0.25) is 0 Å². The monoisotopic (exact) mass is 583 g/mol. The van der Waals surface area contributed by atoms with Gasteiger partial charge >= 0.3 is 0 Å². The van der Waals surface area contributed by atoms with E-state index in [2.05, 4.69) is 28.9 Å². The molecule has 0 unspecified atom stereocenters. The number of likely N-dealkylation sites (N-methyl/N-ethyl adjacent to an activating group) is 1. The molecule has 1 aliphatic rings. The third-order valence-corrected chi connectivity index (χ3v) is 7.13. The minimum Gasteiger partial charge on any atom is -0.454 e. The van der Waals surface area contributed by atoms with Gasteiger partial charge in [0.25, 0.3) is 0 Å². The first-order valence-electron chi connectivity index (χ1n) is 12.4. The number of aryl methyl sites for hydroxylation is 1. The van der Waals surface area contributed by atoms with Crippen molar-refractivity contribution in [1.82, 2.24) is 10.6 Å². The van der Waals surface area contributed by atoms with Crippen molar-refractivity contribution in [3.63, 3.8) is 0 Å². The van der Waals surface area contributed by atoms with Gasteiger partial charge in [0.15, 0.2) is 23.2 Å². The second-order valence-electron chi connectivity index (χ2n) is 9.68. The van der Waals surface area contributed by atoms with Crippen LogP contribution in [0.1, 0.15) is 36.5 Å². The number of hydrogen-bond donors (Lipinski definition) is 3. The summed E-state index contributed by atoms with van der Waals surface area (Å²) in [7, 11) is 1.75. The van der Waals surface area contributed by atoms with Crippen molar-refractivity contribution in [2.75, 3.05) is 25.5 Å². The van der Waals surface area contributed by atoms with Crippen LogP contribution in [0.25, 0.3) is 0 Å². The molecule has 0 aromatic heterocycles. The second-order valence-corrected chi connectivity index (χ2v) is 9.68. The molecule has 0 spiro atoms. The van der Waals surface area contributed by atoms with E-state index in [4.69, 9.17) is 4.74 Å². The summed E-state index contributed by atoms with van der Waals surface area (Å²) in [6.45, 7) is 5.66. The van der Waals surface area contributed by atoms with E-state index in [9.17, 15) is 18.0 Å². The summed E-state index contributed by atoms with van der Waals surface area (Å²) >= 11 is 0. The highest BCUT2D eigenvalue weighted by atomic mass is 35.5. The van der Waals surface area contributed by atoms with Crippen molar-refractivity contribution >= 4 is 36.4 Å². The molecule has 0 saturated carbocycles. The van der Waals surface area contributed by atoms with Crippen LogP contribution in [0, 0.1) is 24.4 Å². The highest BCUT2D eigenvalue weighted by Gasteiger charge is 2.35.